The Bertz CT molecular complexity index is 3830. The number of hydrogen-bond acceptors (Lipinski definition) is 3. The zero-order chi connectivity index (χ0) is 50.6. The molecule has 1 heterocycles. The van der Waals surface area contributed by atoms with E-state index in [1.807, 2.05) is 0 Å². The first-order valence-electron chi connectivity index (χ1n) is 25.9. The van der Waals surface area contributed by atoms with E-state index in [1.165, 1.54) is 49.6 Å². The molecular formula is C72H52N4. The van der Waals surface area contributed by atoms with E-state index >= 15 is 0 Å². The minimum absolute atomic E-state index is 1.04. The average molecular weight is 973 g/mol. The zero-order valence-corrected chi connectivity index (χ0v) is 41.8. The Kier molecular flexibility index (Phi) is 12.3. The van der Waals surface area contributed by atoms with Gasteiger partial charge >= 0.3 is 0 Å². The summed E-state index contributed by atoms with van der Waals surface area (Å²) in [6, 6.07) is 113. The molecule has 0 spiro atoms. The van der Waals surface area contributed by atoms with Crippen molar-refractivity contribution in [3.63, 3.8) is 0 Å². The summed E-state index contributed by atoms with van der Waals surface area (Å²) in [5.41, 5.74) is 19.0. The summed E-state index contributed by atoms with van der Waals surface area (Å²) in [7, 11) is 0. The van der Waals surface area contributed by atoms with Crippen LogP contribution in [0.15, 0.2) is 315 Å². The molecule has 0 saturated heterocycles. The lowest BCUT2D eigenvalue weighted by atomic mass is 9.92. The van der Waals surface area contributed by atoms with Crippen LogP contribution in [0.5, 0.6) is 0 Å². The summed E-state index contributed by atoms with van der Waals surface area (Å²) in [5.74, 6) is 0. The van der Waals surface area contributed by atoms with Crippen molar-refractivity contribution in [2.75, 3.05) is 14.7 Å². The molecule has 0 atom stereocenters. The Morgan fingerprint density at radius 1 is 0.224 bits per heavy atom. The maximum absolute atomic E-state index is 2.48. The van der Waals surface area contributed by atoms with Gasteiger partial charge in [-0.1, -0.05) is 188 Å². The van der Waals surface area contributed by atoms with Crippen molar-refractivity contribution in [1.29, 1.82) is 0 Å². The summed E-state index contributed by atoms with van der Waals surface area (Å²) in [6.07, 6.45) is 0. The summed E-state index contributed by atoms with van der Waals surface area (Å²) >= 11 is 0. The molecule has 76 heavy (non-hydrogen) atoms. The van der Waals surface area contributed by atoms with Gasteiger partial charge < -0.3 is 19.3 Å². The van der Waals surface area contributed by atoms with Crippen LogP contribution in [0.4, 0.5) is 51.2 Å². The van der Waals surface area contributed by atoms with E-state index in [9.17, 15) is 0 Å². The van der Waals surface area contributed by atoms with Crippen LogP contribution in [0.1, 0.15) is 0 Å². The highest BCUT2D eigenvalue weighted by atomic mass is 15.2. The molecule has 0 saturated carbocycles. The predicted octanol–water partition coefficient (Wildman–Crippen LogP) is 20.2. The van der Waals surface area contributed by atoms with Crippen LogP contribution in [-0.4, -0.2) is 4.57 Å². The van der Waals surface area contributed by atoms with E-state index < -0.39 is 0 Å². The normalized spacial score (nSPS) is 11.2. The van der Waals surface area contributed by atoms with Gasteiger partial charge in [0.25, 0.3) is 0 Å². The summed E-state index contributed by atoms with van der Waals surface area (Å²) < 4.78 is 2.48. The lowest BCUT2D eigenvalue weighted by Gasteiger charge is -2.29. The summed E-state index contributed by atoms with van der Waals surface area (Å²) in [5, 5.41) is 3.60. The van der Waals surface area contributed by atoms with Crippen LogP contribution in [0.2, 0.25) is 0 Å². The van der Waals surface area contributed by atoms with Crippen molar-refractivity contribution in [3.05, 3.63) is 315 Å². The first-order chi connectivity index (χ1) is 37.7. The van der Waals surface area contributed by atoms with Gasteiger partial charge in [0.05, 0.1) is 11.2 Å². The number of nitrogens with zero attached hydrogens (tertiary/aromatic N) is 4. The van der Waals surface area contributed by atoms with Gasteiger partial charge in [-0.15, -0.1) is 0 Å². The SMILES string of the molecule is c1ccc(-c2c(-c3ccccc3)n(-c3ccccc3)c3c2cc(-c2ccc(N(c4ccc(N(c5ccccc5)c5ccccc5)cc4)c4ccc(N(c5ccccc5)c5ccccc5)cc4)cc2)c2ccccc23)cc1. The number of para-hydroxylation sites is 5. The molecule has 13 aromatic rings. The first-order valence-corrected chi connectivity index (χ1v) is 25.9. The smallest absolute Gasteiger partial charge is 0.0620 e. The van der Waals surface area contributed by atoms with Crippen LogP contribution in [0.25, 0.3) is 60.9 Å². The fourth-order valence-electron chi connectivity index (χ4n) is 10.9. The van der Waals surface area contributed by atoms with E-state index in [2.05, 4.69) is 335 Å². The zero-order valence-electron chi connectivity index (χ0n) is 41.8. The van der Waals surface area contributed by atoms with Crippen LogP contribution < -0.4 is 14.7 Å². The van der Waals surface area contributed by atoms with Crippen molar-refractivity contribution < 1.29 is 0 Å². The van der Waals surface area contributed by atoms with Crippen LogP contribution in [0, 0.1) is 0 Å². The molecule has 0 aliphatic carbocycles. The summed E-state index contributed by atoms with van der Waals surface area (Å²) in [6.45, 7) is 0. The molecule has 13 rings (SSSR count). The third-order valence-electron chi connectivity index (χ3n) is 14.3. The monoisotopic (exact) mass is 972 g/mol. The predicted molar refractivity (Wildman–Crippen MR) is 321 cm³/mol. The topological polar surface area (TPSA) is 14.7 Å². The molecule has 1 aromatic heterocycles. The van der Waals surface area contributed by atoms with E-state index in [4.69, 9.17) is 0 Å². The van der Waals surface area contributed by atoms with Gasteiger partial charge in [0.1, 0.15) is 0 Å². The van der Waals surface area contributed by atoms with Crippen LogP contribution >= 0.6 is 0 Å². The fourth-order valence-corrected chi connectivity index (χ4v) is 10.9. The van der Waals surface area contributed by atoms with Crippen molar-refractivity contribution >= 4 is 72.9 Å². The molecule has 0 aliphatic rings. The number of benzene rings is 12. The second-order valence-electron chi connectivity index (χ2n) is 18.9. The minimum Gasteiger partial charge on any atom is -0.311 e. The largest absolute Gasteiger partial charge is 0.311 e. The highest BCUT2D eigenvalue weighted by Gasteiger charge is 2.25. The highest BCUT2D eigenvalue weighted by molar-refractivity contribution is 6.20. The van der Waals surface area contributed by atoms with Crippen LogP contribution in [0.3, 0.4) is 0 Å². The highest BCUT2D eigenvalue weighted by Crippen LogP contribution is 2.48. The molecule has 360 valence electrons. The van der Waals surface area contributed by atoms with E-state index in [-0.39, 0.29) is 0 Å². The Balaban J connectivity index is 0.965. The third kappa shape index (κ3) is 8.64. The molecule has 0 unspecified atom stereocenters. The lowest BCUT2D eigenvalue weighted by Crippen LogP contribution is -2.13. The Hall–Kier alpha value is -10.2. The van der Waals surface area contributed by atoms with E-state index in [0.717, 1.165) is 62.4 Å². The van der Waals surface area contributed by atoms with Gasteiger partial charge in [0.2, 0.25) is 0 Å². The van der Waals surface area contributed by atoms with Gasteiger partial charge in [-0.2, -0.15) is 0 Å². The molecule has 0 amide bonds. The van der Waals surface area contributed by atoms with Gasteiger partial charge in [-0.05, 0) is 155 Å². The quantitative estimate of drug-likeness (QED) is 0.114. The molecule has 0 bridgehead atoms. The van der Waals surface area contributed by atoms with Gasteiger partial charge in [0, 0.05) is 73.2 Å². The van der Waals surface area contributed by atoms with Gasteiger partial charge in [-0.3, -0.25) is 0 Å². The van der Waals surface area contributed by atoms with Crippen LogP contribution in [-0.2, 0) is 0 Å². The van der Waals surface area contributed by atoms with Crippen molar-refractivity contribution in [1.82, 2.24) is 4.57 Å². The average Bonchev–Trinajstić information content (AvgIpc) is 3.97. The minimum atomic E-state index is 1.04. The third-order valence-corrected chi connectivity index (χ3v) is 14.3. The van der Waals surface area contributed by atoms with E-state index in [1.54, 1.807) is 0 Å². The van der Waals surface area contributed by atoms with Crippen molar-refractivity contribution in [3.8, 4) is 39.2 Å². The molecular weight excluding hydrogens is 921 g/mol. The number of fused-ring (bicyclic) bond motifs is 3. The number of aromatic nitrogens is 1. The van der Waals surface area contributed by atoms with Crippen molar-refractivity contribution in [2.45, 2.75) is 0 Å². The Morgan fingerprint density at radius 3 is 0.921 bits per heavy atom. The Labute approximate surface area is 444 Å². The van der Waals surface area contributed by atoms with Crippen molar-refractivity contribution in [2.24, 2.45) is 0 Å². The molecule has 0 fully saturated rings. The van der Waals surface area contributed by atoms with E-state index in [0.29, 0.717) is 0 Å². The second-order valence-corrected chi connectivity index (χ2v) is 18.9. The second kappa shape index (κ2) is 20.4. The number of rotatable bonds is 13. The molecule has 0 N–H and O–H groups in total. The number of anilines is 9. The fraction of sp³-hybridized carbons (Fsp3) is 0. The summed E-state index contributed by atoms with van der Waals surface area (Å²) in [4.78, 5) is 6.98. The van der Waals surface area contributed by atoms with Gasteiger partial charge in [0.15, 0.2) is 0 Å². The maximum atomic E-state index is 2.48. The molecule has 4 heteroatoms. The molecule has 12 aromatic carbocycles. The lowest BCUT2D eigenvalue weighted by molar-refractivity contribution is 1.14. The molecule has 0 radical (unpaired) electrons. The standard InChI is InChI=1S/C72H52N4/c1-8-24-54(25-9-1)70-69-52-68(66-38-22-23-39-67(66)72(69)76(60-36-20-7-21-37-60)71(70)55-26-10-2-11-27-55)53-40-42-61(43-41-53)75(64-48-44-62(45-49-64)73(56-28-12-3-13-29-56)57-30-14-4-15-31-57)65-50-46-63(47-51-65)74(58-32-16-5-17-33-58)59-34-18-6-19-35-59/h1-52H. The first kappa shape index (κ1) is 45.7. The molecule has 0 aliphatic heterocycles. The Morgan fingerprint density at radius 2 is 0.526 bits per heavy atom. The maximum Gasteiger partial charge on any atom is 0.0620 e. The van der Waals surface area contributed by atoms with Gasteiger partial charge in [-0.25, -0.2) is 0 Å². The molecule has 4 nitrogen and oxygen atoms in total. The number of hydrogen-bond donors (Lipinski definition) is 0.